The summed E-state index contributed by atoms with van der Waals surface area (Å²) in [6.45, 7) is 4.46. The summed E-state index contributed by atoms with van der Waals surface area (Å²) in [5, 5.41) is 0. The van der Waals surface area contributed by atoms with Crippen LogP contribution in [0.15, 0.2) is 30.6 Å². The molecule has 0 spiro atoms. The molecule has 1 fully saturated rings. The second-order valence-corrected chi connectivity index (χ2v) is 10.5. The Bertz CT molecular complexity index is 907. The van der Waals surface area contributed by atoms with Crippen LogP contribution >= 0.6 is 0 Å². The number of benzene rings is 1. The topological polar surface area (TPSA) is 52.1 Å². The van der Waals surface area contributed by atoms with Crippen LogP contribution in [0.25, 0.3) is 11.4 Å². The van der Waals surface area contributed by atoms with Crippen LogP contribution < -0.4 is 0 Å². The van der Waals surface area contributed by atoms with Crippen molar-refractivity contribution >= 4 is 5.97 Å². The number of carbonyl (C=O) groups is 1. The third kappa shape index (κ3) is 9.29. The van der Waals surface area contributed by atoms with Gasteiger partial charge in [-0.25, -0.2) is 19.2 Å². The largest absolute Gasteiger partial charge is 0.459 e. The second kappa shape index (κ2) is 15.7. The predicted molar refractivity (Wildman–Crippen MR) is 144 cm³/mol. The molecule has 4 nitrogen and oxygen atoms in total. The zero-order valence-electron chi connectivity index (χ0n) is 22.4. The summed E-state index contributed by atoms with van der Waals surface area (Å²) in [6, 6.07) is 4.54. The molecule has 1 aromatic carbocycles. The molecule has 2 aromatic rings. The van der Waals surface area contributed by atoms with Gasteiger partial charge in [-0.1, -0.05) is 84.1 Å². The summed E-state index contributed by atoms with van der Waals surface area (Å²) in [4.78, 5) is 21.5. The zero-order chi connectivity index (χ0) is 25.6. The van der Waals surface area contributed by atoms with E-state index in [9.17, 15) is 9.18 Å². The van der Waals surface area contributed by atoms with Crippen molar-refractivity contribution in [3.05, 3.63) is 47.5 Å². The highest BCUT2D eigenvalue weighted by molar-refractivity contribution is 5.90. The van der Waals surface area contributed by atoms with Gasteiger partial charge in [0, 0.05) is 18.0 Å². The Morgan fingerprint density at radius 2 is 1.53 bits per heavy atom. The molecule has 1 aliphatic carbocycles. The summed E-state index contributed by atoms with van der Waals surface area (Å²) < 4.78 is 20.5. The fourth-order valence-corrected chi connectivity index (χ4v) is 5.18. The van der Waals surface area contributed by atoms with Gasteiger partial charge in [0.05, 0.1) is 5.56 Å². The van der Waals surface area contributed by atoms with Crippen LogP contribution in [-0.2, 0) is 11.2 Å². The van der Waals surface area contributed by atoms with Gasteiger partial charge in [0.1, 0.15) is 11.9 Å². The van der Waals surface area contributed by atoms with Crippen molar-refractivity contribution in [3.63, 3.8) is 0 Å². The van der Waals surface area contributed by atoms with Gasteiger partial charge < -0.3 is 4.74 Å². The molecule has 36 heavy (non-hydrogen) atoms. The lowest BCUT2D eigenvalue weighted by Crippen LogP contribution is -2.25. The van der Waals surface area contributed by atoms with Crippen LogP contribution in [0.2, 0.25) is 0 Å². The predicted octanol–water partition coefficient (Wildman–Crippen LogP) is 8.87. The molecular weight excluding hydrogens is 451 g/mol. The molecule has 1 heterocycles. The normalized spacial score (nSPS) is 17.8. The number of aryl methyl sites for hydroxylation is 1. The number of aromatic nitrogens is 2. The highest BCUT2D eigenvalue weighted by atomic mass is 19.1. The van der Waals surface area contributed by atoms with Crippen LogP contribution in [-0.4, -0.2) is 22.0 Å². The van der Waals surface area contributed by atoms with E-state index in [1.54, 1.807) is 6.07 Å². The Kier molecular flexibility index (Phi) is 12.4. The van der Waals surface area contributed by atoms with Crippen LogP contribution in [0.5, 0.6) is 0 Å². The molecule has 0 atom stereocenters. The van der Waals surface area contributed by atoms with Crippen LogP contribution in [0.1, 0.15) is 126 Å². The number of unbranched alkanes of at least 4 members (excludes halogenated alkanes) is 8. The Labute approximate surface area is 217 Å². The molecule has 0 bridgehead atoms. The number of esters is 1. The molecule has 1 aromatic heterocycles. The summed E-state index contributed by atoms with van der Waals surface area (Å²) in [5.74, 6) is 0.0601. The van der Waals surface area contributed by atoms with E-state index in [1.807, 2.05) is 12.4 Å². The molecule has 198 valence electrons. The van der Waals surface area contributed by atoms with Crippen LogP contribution in [0, 0.1) is 11.7 Å². The first-order valence-corrected chi connectivity index (χ1v) is 14.4. The highest BCUT2D eigenvalue weighted by Gasteiger charge is 2.25. The fourth-order valence-electron chi connectivity index (χ4n) is 5.18. The Balaban J connectivity index is 1.44. The molecular formula is C31H45FN2O2. The monoisotopic (exact) mass is 496 g/mol. The Morgan fingerprint density at radius 1 is 0.889 bits per heavy atom. The van der Waals surface area contributed by atoms with Gasteiger partial charge in [-0.3, -0.25) is 0 Å². The number of hydrogen-bond acceptors (Lipinski definition) is 4. The molecule has 0 saturated heterocycles. The first kappa shape index (κ1) is 28.3. The number of nitrogens with zero attached hydrogens (tertiary/aromatic N) is 2. The molecule has 0 radical (unpaired) electrons. The number of carbonyl (C=O) groups excluding carboxylic acids is 1. The maximum Gasteiger partial charge on any atom is 0.341 e. The van der Waals surface area contributed by atoms with Gasteiger partial charge in [-0.05, 0) is 62.1 Å². The summed E-state index contributed by atoms with van der Waals surface area (Å²) >= 11 is 0. The average Bonchev–Trinajstić information content (AvgIpc) is 2.89. The number of halogens is 1. The number of hydrogen-bond donors (Lipinski definition) is 0. The summed E-state index contributed by atoms with van der Waals surface area (Å²) in [5.41, 5.74) is 1.65. The van der Waals surface area contributed by atoms with Crippen molar-refractivity contribution in [1.82, 2.24) is 9.97 Å². The quantitative estimate of drug-likeness (QED) is 0.182. The van der Waals surface area contributed by atoms with E-state index in [2.05, 4.69) is 23.8 Å². The Morgan fingerprint density at radius 3 is 2.17 bits per heavy atom. The minimum atomic E-state index is -0.582. The molecule has 1 saturated carbocycles. The van der Waals surface area contributed by atoms with Gasteiger partial charge in [-0.15, -0.1) is 0 Å². The molecule has 3 rings (SSSR count). The molecule has 5 heteroatoms. The van der Waals surface area contributed by atoms with Crippen molar-refractivity contribution in [2.45, 2.75) is 123 Å². The van der Waals surface area contributed by atoms with Crippen molar-refractivity contribution < 1.29 is 13.9 Å². The minimum absolute atomic E-state index is 0.0134. The maximum atomic E-state index is 14.8. The first-order valence-electron chi connectivity index (χ1n) is 14.4. The lowest BCUT2D eigenvalue weighted by atomic mass is 9.84. The van der Waals surface area contributed by atoms with Gasteiger partial charge in [0.2, 0.25) is 0 Å². The molecule has 0 unspecified atom stereocenters. The van der Waals surface area contributed by atoms with Gasteiger partial charge in [-0.2, -0.15) is 0 Å². The minimum Gasteiger partial charge on any atom is -0.459 e. The highest BCUT2D eigenvalue weighted by Crippen LogP contribution is 2.31. The lowest BCUT2D eigenvalue weighted by Gasteiger charge is -2.28. The number of ether oxygens (including phenoxy) is 1. The molecule has 0 amide bonds. The Hall–Kier alpha value is -2.30. The third-order valence-corrected chi connectivity index (χ3v) is 7.50. The lowest BCUT2D eigenvalue weighted by molar-refractivity contribution is 0.0156. The smallest absolute Gasteiger partial charge is 0.341 e. The van der Waals surface area contributed by atoms with E-state index in [4.69, 9.17) is 4.74 Å². The summed E-state index contributed by atoms with van der Waals surface area (Å²) in [6.07, 6.45) is 22.5. The van der Waals surface area contributed by atoms with E-state index in [-0.39, 0.29) is 11.7 Å². The van der Waals surface area contributed by atoms with E-state index < -0.39 is 11.8 Å². The average molecular weight is 497 g/mol. The van der Waals surface area contributed by atoms with Gasteiger partial charge in [0.15, 0.2) is 5.82 Å². The van der Waals surface area contributed by atoms with Crippen molar-refractivity contribution in [2.24, 2.45) is 5.92 Å². The SMILES string of the molecule is CCCCCCCc1cnc(-c2ccc(C(=O)OC3CCC(CCCCCCC)CC3)c(F)c2)nc1. The maximum absolute atomic E-state index is 14.8. The first-order chi connectivity index (χ1) is 17.6. The fraction of sp³-hybridized carbons (Fsp3) is 0.645. The zero-order valence-corrected chi connectivity index (χ0v) is 22.4. The second-order valence-electron chi connectivity index (χ2n) is 10.5. The standard InChI is InChI=1S/C31H45FN2O2/c1-3-5-7-9-11-13-24-15-18-27(19-16-24)36-31(35)28-20-17-26(21-29(28)32)30-33-22-25(23-34-30)14-12-10-8-6-4-2/h17,20-24,27H,3-16,18-19H2,1-2H3. The molecule has 1 aliphatic rings. The summed E-state index contributed by atoms with van der Waals surface area (Å²) in [7, 11) is 0. The van der Waals surface area contributed by atoms with E-state index in [0.717, 1.165) is 50.0 Å². The van der Waals surface area contributed by atoms with Crippen molar-refractivity contribution in [2.75, 3.05) is 0 Å². The van der Waals surface area contributed by atoms with Crippen molar-refractivity contribution in [3.8, 4) is 11.4 Å². The van der Waals surface area contributed by atoms with Crippen LogP contribution in [0.4, 0.5) is 4.39 Å². The van der Waals surface area contributed by atoms with Gasteiger partial charge >= 0.3 is 5.97 Å². The number of rotatable bonds is 15. The van der Waals surface area contributed by atoms with Crippen LogP contribution in [0.3, 0.4) is 0 Å². The van der Waals surface area contributed by atoms with E-state index >= 15 is 0 Å². The van der Waals surface area contributed by atoms with E-state index in [0.29, 0.717) is 11.4 Å². The van der Waals surface area contributed by atoms with E-state index in [1.165, 1.54) is 76.3 Å². The third-order valence-electron chi connectivity index (χ3n) is 7.50. The van der Waals surface area contributed by atoms with Crippen molar-refractivity contribution in [1.29, 1.82) is 0 Å². The van der Waals surface area contributed by atoms with Gasteiger partial charge in [0.25, 0.3) is 0 Å². The molecule has 0 aliphatic heterocycles. The molecule has 0 N–H and O–H groups in total.